The fraction of sp³-hybridized carbons (Fsp3) is 0.364. The summed E-state index contributed by atoms with van der Waals surface area (Å²) in [5.74, 6) is -1.54. The van der Waals surface area contributed by atoms with Crippen LogP contribution < -0.4 is 4.72 Å². The van der Waals surface area contributed by atoms with Crippen LogP contribution in [0.5, 0.6) is 0 Å². The zero-order valence-corrected chi connectivity index (χ0v) is 11.3. The van der Waals surface area contributed by atoms with Crippen molar-refractivity contribution in [1.82, 2.24) is 4.72 Å². The molecule has 0 amide bonds. The normalized spacial score (nSPS) is 13.9. The standard InChI is InChI=1S/C11H12F3NO5S/c12-11(13,14)7-2-1-3-8(6-7)21(19,20)15-9(4-5-16)10(17)18/h1-3,6,9,15-16H,4-5H2,(H,17,18). The molecule has 6 nitrogen and oxygen atoms in total. The molecule has 21 heavy (non-hydrogen) atoms. The van der Waals surface area contributed by atoms with Gasteiger partial charge in [0.25, 0.3) is 0 Å². The molecule has 1 aromatic carbocycles. The largest absolute Gasteiger partial charge is 0.480 e. The molecule has 1 aromatic rings. The smallest absolute Gasteiger partial charge is 0.416 e. The minimum absolute atomic E-state index is 0.403. The van der Waals surface area contributed by atoms with E-state index in [9.17, 15) is 26.4 Å². The molecule has 0 saturated carbocycles. The molecule has 3 N–H and O–H groups in total. The van der Waals surface area contributed by atoms with Gasteiger partial charge in [-0.25, -0.2) is 8.42 Å². The number of carbonyl (C=O) groups is 1. The van der Waals surface area contributed by atoms with E-state index in [1.165, 1.54) is 0 Å². The maximum atomic E-state index is 12.5. The molecule has 0 bridgehead atoms. The van der Waals surface area contributed by atoms with Gasteiger partial charge in [-0.3, -0.25) is 4.79 Å². The number of hydrogen-bond donors (Lipinski definition) is 3. The lowest BCUT2D eigenvalue weighted by molar-refractivity contribution is -0.139. The molecular formula is C11H12F3NO5S. The van der Waals surface area contributed by atoms with E-state index in [-0.39, 0.29) is 0 Å². The molecule has 0 aliphatic heterocycles. The highest BCUT2D eigenvalue weighted by atomic mass is 32.2. The summed E-state index contributed by atoms with van der Waals surface area (Å²) in [7, 11) is -4.45. The van der Waals surface area contributed by atoms with Crippen molar-refractivity contribution in [2.24, 2.45) is 0 Å². The van der Waals surface area contributed by atoms with Gasteiger partial charge in [0.15, 0.2) is 0 Å². The van der Waals surface area contributed by atoms with Crippen molar-refractivity contribution >= 4 is 16.0 Å². The predicted molar refractivity (Wildman–Crippen MR) is 64.9 cm³/mol. The number of aliphatic hydroxyl groups excluding tert-OH is 1. The van der Waals surface area contributed by atoms with Gasteiger partial charge >= 0.3 is 12.1 Å². The van der Waals surface area contributed by atoms with Crippen LogP contribution in [0.25, 0.3) is 0 Å². The number of nitrogens with one attached hydrogen (secondary N) is 1. The van der Waals surface area contributed by atoms with Crippen LogP contribution in [0.3, 0.4) is 0 Å². The topological polar surface area (TPSA) is 104 Å². The Morgan fingerprint density at radius 2 is 1.95 bits per heavy atom. The summed E-state index contributed by atoms with van der Waals surface area (Å²) in [6.45, 7) is -0.595. The average molecular weight is 327 g/mol. The second-order valence-corrected chi connectivity index (χ2v) is 5.76. The molecule has 0 radical (unpaired) electrons. The summed E-state index contributed by atoms with van der Waals surface area (Å²) >= 11 is 0. The molecule has 0 fully saturated rings. The first kappa shape index (κ1) is 17.4. The Bertz CT molecular complexity index is 615. The first-order chi connectivity index (χ1) is 9.58. The summed E-state index contributed by atoms with van der Waals surface area (Å²) in [6.07, 6.45) is -5.13. The van der Waals surface area contributed by atoms with Gasteiger partial charge in [-0.15, -0.1) is 0 Å². The summed E-state index contributed by atoms with van der Waals surface area (Å²) in [5, 5.41) is 17.4. The fourth-order valence-corrected chi connectivity index (χ4v) is 2.73. The lowest BCUT2D eigenvalue weighted by atomic mass is 10.2. The lowest BCUT2D eigenvalue weighted by Crippen LogP contribution is -2.41. The molecule has 0 heterocycles. The Morgan fingerprint density at radius 1 is 1.33 bits per heavy atom. The molecule has 118 valence electrons. The van der Waals surface area contributed by atoms with E-state index in [1.807, 2.05) is 0 Å². The number of halogens is 3. The van der Waals surface area contributed by atoms with Gasteiger partial charge in [-0.2, -0.15) is 17.9 Å². The van der Waals surface area contributed by atoms with Crippen LogP contribution in [0.1, 0.15) is 12.0 Å². The summed E-state index contributed by atoms with van der Waals surface area (Å²) in [4.78, 5) is 10.1. The highest BCUT2D eigenvalue weighted by Gasteiger charge is 2.32. The summed E-state index contributed by atoms with van der Waals surface area (Å²) < 4.78 is 63.1. The number of alkyl halides is 3. The number of carboxylic acids is 1. The highest BCUT2D eigenvalue weighted by molar-refractivity contribution is 7.89. The molecule has 0 saturated heterocycles. The Labute approximate surface area is 118 Å². The Kier molecular flexibility index (Phi) is 5.31. The minimum atomic E-state index is -4.72. The number of sulfonamides is 1. The van der Waals surface area contributed by atoms with Gasteiger partial charge in [0.1, 0.15) is 6.04 Å². The van der Waals surface area contributed by atoms with E-state index >= 15 is 0 Å². The van der Waals surface area contributed by atoms with E-state index in [4.69, 9.17) is 10.2 Å². The maximum Gasteiger partial charge on any atom is 0.416 e. The Hall–Kier alpha value is -1.65. The van der Waals surface area contributed by atoms with Crippen molar-refractivity contribution in [3.8, 4) is 0 Å². The van der Waals surface area contributed by atoms with E-state index in [0.29, 0.717) is 12.1 Å². The fourth-order valence-electron chi connectivity index (χ4n) is 1.46. The molecular weight excluding hydrogens is 315 g/mol. The highest BCUT2D eigenvalue weighted by Crippen LogP contribution is 2.30. The summed E-state index contributed by atoms with van der Waals surface area (Å²) in [6, 6.07) is 1.28. The van der Waals surface area contributed by atoms with Gasteiger partial charge in [0.05, 0.1) is 10.5 Å². The second-order valence-electron chi connectivity index (χ2n) is 4.05. The van der Waals surface area contributed by atoms with Crippen LogP contribution in [0.4, 0.5) is 13.2 Å². The number of benzene rings is 1. The molecule has 1 unspecified atom stereocenters. The SMILES string of the molecule is O=C(O)C(CCO)NS(=O)(=O)c1cccc(C(F)(F)F)c1. The average Bonchev–Trinajstić information content (AvgIpc) is 2.37. The molecule has 0 aliphatic carbocycles. The van der Waals surface area contributed by atoms with Crippen LogP contribution in [0.2, 0.25) is 0 Å². The number of aliphatic hydroxyl groups is 1. The van der Waals surface area contributed by atoms with Crippen LogP contribution >= 0.6 is 0 Å². The number of aliphatic carboxylic acids is 1. The number of hydrogen-bond acceptors (Lipinski definition) is 4. The van der Waals surface area contributed by atoms with Crippen molar-refractivity contribution < 1.29 is 36.6 Å². The quantitative estimate of drug-likeness (QED) is 0.718. The van der Waals surface area contributed by atoms with E-state index in [1.54, 1.807) is 4.72 Å². The van der Waals surface area contributed by atoms with E-state index in [2.05, 4.69) is 0 Å². The third-order valence-corrected chi connectivity index (χ3v) is 3.95. The molecule has 1 atom stereocenters. The number of carboxylic acid groups (broad SMARTS) is 1. The minimum Gasteiger partial charge on any atom is -0.480 e. The van der Waals surface area contributed by atoms with Crippen molar-refractivity contribution in [3.63, 3.8) is 0 Å². The van der Waals surface area contributed by atoms with Crippen LogP contribution in [-0.2, 0) is 21.0 Å². The third-order valence-electron chi connectivity index (χ3n) is 2.48. The van der Waals surface area contributed by atoms with Gasteiger partial charge in [0.2, 0.25) is 10.0 Å². The van der Waals surface area contributed by atoms with Crippen molar-refractivity contribution in [3.05, 3.63) is 29.8 Å². The van der Waals surface area contributed by atoms with E-state index in [0.717, 1.165) is 12.1 Å². The van der Waals surface area contributed by atoms with Crippen LogP contribution in [0.15, 0.2) is 29.2 Å². The second kappa shape index (κ2) is 6.41. The monoisotopic (exact) mass is 327 g/mol. The zero-order valence-electron chi connectivity index (χ0n) is 10.5. The Morgan fingerprint density at radius 3 is 2.43 bits per heavy atom. The maximum absolute atomic E-state index is 12.5. The van der Waals surface area contributed by atoms with Gasteiger partial charge < -0.3 is 10.2 Å². The molecule has 0 aromatic heterocycles. The van der Waals surface area contributed by atoms with Crippen LogP contribution in [-0.4, -0.2) is 37.2 Å². The first-order valence-corrected chi connectivity index (χ1v) is 7.09. The molecule has 1 rings (SSSR count). The van der Waals surface area contributed by atoms with Gasteiger partial charge in [-0.1, -0.05) is 6.07 Å². The molecule has 0 aliphatic rings. The van der Waals surface area contributed by atoms with Gasteiger partial charge in [0, 0.05) is 6.61 Å². The van der Waals surface area contributed by atoms with Crippen molar-refractivity contribution in [2.45, 2.75) is 23.5 Å². The number of rotatable bonds is 6. The first-order valence-electron chi connectivity index (χ1n) is 5.61. The van der Waals surface area contributed by atoms with E-state index < -0.39 is 51.7 Å². The zero-order chi connectivity index (χ0) is 16.3. The van der Waals surface area contributed by atoms with Gasteiger partial charge in [-0.05, 0) is 24.6 Å². The molecule has 10 heteroatoms. The third kappa shape index (κ3) is 4.69. The van der Waals surface area contributed by atoms with Crippen LogP contribution in [0, 0.1) is 0 Å². The summed E-state index contributed by atoms with van der Waals surface area (Å²) in [5.41, 5.74) is -1.17. The Balaban J connectivity index is 3.11. The lowest BCUT2D eigenvalue weighted by Gasteiger charge is -2.14. The van der Waals surface area contributed by atoms with Crippen molar-refractivity contribution in [1.29, 1.82) is 0 Å². The molecule has 0 spiro atoms. The van der Waals surface area contributed by atoms with Crippen molar-refractivity contribution in [2.75, 3.05) is 6.61 Å². The predicted octanol–water partition coefficient (Wildman–Crippen LogP) is 0.819.